The van der Waals surface area contributed by atoms with Gasteiger partial charge in [-0.05, 0) is 19.8 Å². The Morgan fingerprint density at radius 3 is 2.88 bits per heavy atom. The van der Waals surface area contributed by atoms with Gasteiger partial charge in [-0.25, -0.2) is 14.4 Å². The molecule has 0 spiro atoms. The van der Waals surface area contributed by atoms with Crippen molar-refractivity contribution < 1.29 is 9.13 Å². The molecule has 0 unspecified atom stereocenters. The van der Waals surface area contributed by atoms with Gasteiger partial charge in [0.15, 0.2) is 11.6 Å². The van der Waals surface area contributed by atoms with Crippen LogP contribution in [-0.2, 0) is 11.2 Å². The maximum Gasteiger partial charge on any atom is 0.186 e. The van der Waals surface area contributed by atoms with E-state index in [1.54, 1.807) is 0 Å². The molecule has 0 bridgehead atoms. The zero-order valence-electron chi connectivity index (χ0n) is 9.79. The molecule has 1 aromatic rings. The number of ether oxygens (including phenoxy) is 1. The second kappa shape index (κ2) is 7.11. The van der Waals surface area contributed by atoms with Gasteiger partial charge in [0.2, 0.25) is 0 Å². The van der Waals surface area contributed by atoms with Gasteiger partial charge in [-0.2, -0.15) is 0 Å². The first-order valence-corrected chi connectivity index (χ1v) is 5.60. The van der Waals surface area contributed by atoms with Crippen molar-refractivity contribution in [2.75, 3.05) is 25.1 Å². The predicted molar refractivity (Wildman–Crippen MR) is 61.0 cm³/mol. The van der Waals surface area contributed by atoms with Crippen LogP contribution in [0.3, 0.4) is 0 Å². The van der Waals surface area contributed by atoms with E-state index in [9.17, 15) is 4.39 Å². The quantitative estimate of drug-likeness (QED) is 0.724. The standard InChI is InChI=1S/C11H18FN3O/c1-3-9-10(12)11(15-8-14-9)13-6-5-7-16-4-2/h8H,3-7H2,1-2H3,(H,13,14,15). The van der Waals surface area contributed by atoms with Gasteiger partial charge in [-0.15, -0.1) is 0 Å². The highest BCUT2D eigenvalue weighted by Gasteiger charge is 2.08. The number of nitrogens with one attached hydrogen (secondary N) is 1. The molecular weight excluding hydrogens is 209 g/mol. The topological polar surface area (TPSA) is 47.0 Å². The maximum atomic E-state index is 13.6. The fourth-order valence-electron chi connectivity index (χ4n) is 1.30. The molecule has 0 atom stereocenters. The average Bonchev–Trinajstić information content (AvgIpc) is 2.31. The predicted octanol–water partition coefficient (Wildman–Crippen LogP) is 2.02. The molecule has 5 heteroatoms. The summed E-state index contributed by atoms with van der Waals surface area (Å²) in [4.78, 5) is 7.73. The molecule has 1 heterocycles. The Labute approximate surface area is 95.3 Å². The molecule has 0 aliphatic carbocycles. The largest absolute Gasteiger partial charge is 0.382 e. The molecule has 0 fully saturated rings. The maximum absolute atomic E-state index is 13.6. The van der Waals surface area contributed by atoms with Crippen molar-refractivity contribution in [3.05, 3.63) is 17.8 Å². The molecule has 0 radical (unpaired) electrons. The Morgan fingerprint density at radius 1 is 1.38 bits per heavy atom. The fraction of sp³-hybridized carbons (Fsp3) is 0.636. The van der Waals surface area contributed by atoms with E-state index in [1.165, 1.54) is 6.33 Å². The summed E-state index contributed by atoms with van der Waals surface area (Å²) >= 11 is 0. The molecule has 0 aliphatic heterocycles. The second-order valence-electron chi connectivity index (χ2n) is 3.31. The van der Waals surface area contributed by atoms with Gasteiger partial charge >= 0.3 is 0 Å². The van der Waals surface area contributed by atoms with Crippen LogP contribution in [0.2, 0.25) is 0 Å². The van der Waals surface area contributed by atoms with Gasteiger partial charge in [0.05, 0.1) is 5.69 Å². The molecule has 16 heavy (non-hydrogen) atoms. The number of nitrogens with zero attached hydrogens (tertiary/aromatic N) is 2. The van der Waals surface area contributed by atoms with Crippen molar-refractivity contribution in [1.29, 1.82) is 0 Å². The zero-order valence-corrected chi connectivity index (χ0v) is 9.79. The van der Waals surface area contributed by atoms with E-state index in [2.05, 4.69) is 15.3 Å². The lowest BCUT2D eigenvalue weighted by atomic mass is 10.3. The van der Waals surface area contributed by atoms with Crippen LogP contribution in [0, 0.1) is 5.82 Å². The number of hydrogen-bond acceptors (Lipinski definition) is 4. The van der Waals surface area contributed by atoms with Crippen molar-refractivity contribution in [2.45, 2.75) is 26.7 Å². The van der Waals surface area contributed by atoms with E-state index >= 15 is 0 Å². The van der Waals surface area contributed by atoms with E-state index in [-0.39, 0.29) is 11.6 Å². The summed E-state index contributed by atoms with van der Waals surface area (Å²) in [6.45, 7) is 5.85. The van der Waals surface area contributed by atoms with E-state index in [0.717, 1.165) is 6.42 Å². The lowest BCUT2D eigenvalue weighted by Crippen LogP contribution is -2.10. The normalized spacial score (nSPS) is 10.4. The van der Waals surface area contributed by atoms with Crippen LogP contribution in [0.5, 0.6) is 0 Å². The minimum absolute atomic E-state index is 0.281. The smallest absolute Gasteiger partial charge is 0.186 e. The Balaban J connectivity index is 2.41. The molecule has 0 saturated carbocycles. The van der Waals surface area contributed by atoms with Crippen LogP contribution in [0.1, 0.15) is 26.0 Å². The summed E-state index contributed by atoms with van der Waals surface area (Å²) in [6, 6.07) is 0. The monoisotopic (exact) mass is 227 g/mol. The Bertz CT molecular complexity index is 320. The fourth-order valence-corrected chi connectivity index (χ4v) is 1.30. The molecular formula is C11H18FN3O. The van der Waals surface area contributed by atoms with E-state index in [0.29, 0.717) is 31.9 Å². The average molecular weight is 227 g/mol. The highest BCUT2D eigenvalue weighted by Crippen LogP contribution is 2.12. The van der Waals surface area contributed by atoms with Crippen LogP contribution in [-0.4, -0.2) is 29.7 Å². The molecule has 1 aromatic heterocycles. The number of hydrogen-bond donors (Lipinski definition) is 1. The zero-order chi connectivity index (χ0) is 11.8. The number of aromatic nitrogens is 2. The lowest BCUT2D eigenvalue weighted by molar-refractivity contribution is 0.147. The summed E-state index contributed by atoms with van der Waals surface area (Å²) in [6.07, 6.45) is 2.79. The van der Waals surface area contributed by atoms with Crippen LogP contribution >= 0.6 is 0 Å². The van der Waals surface area contributed by atoms with Crippen LogP contribution < -0.4 is 5.32 Å². The van der Waals surface area contributed by atoms with Crippen LogP contribution in [0.25, 0.3) is 0 Å². The molecule has 0 aliphatic rings. The summed E-state index contributed by atoms with van der Waals surface area (Å²) in [5.74, 6) is -0.0650. The van der Waals surface area contributed by atoms with Gasteiger partial charge in [-0.1, -0.05) is 6.92 Å². The first-order valence-electron chi connectivity index (χ1n) is 5.60. The molecule has 4 nitrogen and oxygen atoms in total. The van der Waals surface area contributed by atoms with Crippen LogP contribution in [0.4, 0.5) is 10.2 Å². The van der Waals surface area contributed by atoms with Gasteiger partial charge in [0, 0.05) is 19.8 Å². The number of halogens is 1. The van der Waals surface area contributed by atoms with Gasteiger partial charge < -0.3 is 10.1 Å². The second-order valence-corrected chi connectivity index (χ2v) is 3.31. The molecule has 90 valence electrons. The number of rotatable bonds is 7. The minimum Gasteiger partial charge on any atom is -0.382 e. The molecule has 1 N–H and O–H groups in total. The summed E-state index contributed by atoms with van der Waals surface area (Å²) < 4.78 is 18.8. The number of anilines is 1. The third-order valence-electron chi connectivity index (χ3n) is 2.16. The first-order chi connectivity index (χ1) is 7.79. The minimum atomic E-state index is -0.346. The number of aryl methyl sites for hydroxylation is 1. The first kappa shape index (κ1) is 12.8. The van der Waals surface area contributed by atoms with Gasteiger partial charge in [0.25, 0.3) is 0 Å². The van der Waals surface area contributed by atoms with Gasteiger partial charge in [-0.3, -0.25) is 0 Å². The third-order valence-corrected chi connectivity index (χ3v) is 2.16. The van der Waals surface area contributed by atoms with Crippen molar-refractivity contribution in [2.24, 2.45) is 0 Å². The molecule has 0 saturated heterocycles. The summed E-state index contributed by atoms with van der Waals surface area (Å²) in [5, 5.41) is 2.94. The summed E-state index contributed by atoms with van der Waals surface area (Å²) in [7, 11) is 0. The Kier molecular flexibility index (Phi) is 5.71. The van der Waals surface area contributed by atoms with E-state index in [4.69, 9.17) is 4.74 Å². The lowest BCUT2D eigenvalue weighted by Gasteiger charge is -2.07. The van der Waals surface area contributed by atoms with Crippen molar-refractivity contribution >= 4 is 5.82 Å². The van der Waals surface area contributed by atoms with Crippen molar-refractivity contribution in [3.8, 4) is 0 Å². The summed E-state index contributed by atoms with van der Waals surface area (Å²) in [5.41, 5.74) is 0.447. The van der Waals surface area contributed by atoms with Crippen molar-refractivity contribution in [1.82, 2.24) is 9.97 Å². The molecule has 1 rings (SSSR count). The third kappa shape index (κ3) is 3.73. The highest BCUT2D eigenvalue weighted by atomic mass is 19.1. The Morgan fingerprint density at radius 2 is 2.19 bits per heavy atom. The molecule has 0 amide bonds. The van der Waals surface area contributed by atoms with Crippen molar-refractivity contribution in [3.63, 3.8) is 0 Å². The van der Waals surface area contributed by atoms with Crippen LogP contribution in [0.15, 0.2) is 6.33 Å². The van der Waals surface area contributed by atoms with E-state index < -0.39 is 0 Å². The van der Waals surface area contributed by atoms with E-state index in [1.807, 2.05) is 13.8 Å². The molecule has 0 aromatic carbocycles. The van der Waals surface area contributed by atoms with Gasteiger partial charge in [0.1, 0.15) is 6.33 Å². The highest BCUT2D eigenvalue weighted by molar-refractivity contribution is 5.36. The SMILES string of the molecule is CCOCCCNc1ncnc(CC)c1F. The Hall–Kier alpha value is -1.23.